The van der Waals surface area contributed by atoms with E-state index in [4.69, 9.17) is 0 Å². The summed E-state index contributed by atoms with van der Waals surface area (Å²) in [7, 11) is 0. The number of hydrogen-bond donors (Lipinski definition) is 0. The van der Waals surface area contributed by atoms with Crippen LogP contribution in [0.2, 0.25) is 0 Å². The van der Waals surface area contributed by atoms with Crippen LogP contribution in [-0.4, -0.2) is 26.5 Å². The van der Waals surface area contributed by atoms with Gasteiger partial charge in [-0.15, -0.1) is 5.10 Å². The van der Waals surface area contributed by atoms with E-state index in [9.17, 15) is 4.79 Å². The van der Waals surface area contributed by atoms with Gasteiger partial charge >= 0.3 is 0 Å². The Morgan fingerprint density at radius 2 is 2.28 bits per heavy atom. The number of rotatable bonds is 4. The molecule has 3 rings (SSSR count). The van der Waals surface area contributed by atoms with Crippen molar-refractivity contribution in [3.05, 3.63) is 28.2 Å². The average molecular weight is 325 g/mol. The molecule has 1 fully saturated rings. The number of hydrogen-bond acceptors (Lipinski definition) is 5. The van der Waals surface area contributed by atoms with Crippen LogP contribution in [0.5, 0.6) is 0 Å². The van der Waals surface area contributed by atoms with Gasteiger partial charge in [0, 0.05) is 14.9 Å². The highest BCUT2D eigenvalue weighted by Crippen LogP contribution is 2.38. The normalized spacial score (nSPS) is 14.7. The molecule has 1 aliphatic carbocycles. The summed E-state index contributed by atoms with van der Waals surface area (Å²) in [5.41, 5.74) is 0.639. The van der Waals surface area contributed by atoms with Gasteiger partial charge in [0.25, 0.3) is 0 Å². The zero-order valence-corrected chi connectivity index (χ0v) is 11.7. The molecule has 0 atom stereocenters. The minimum absolute atomic E-state index is 0.428. The smallest absolute Gasteiger partial charge is 0.214 e. The summed E-state index contributed by atoms with van der Waals surface area (Å²) in [6, 6.07) is 6.02. The summed E-state index contributed by atoms with van der Waals surface area (Å²) in [5.74, 6) is 0. The maximum absolute atomic E-state index is 11.0. The van der Waals surface area contributed by atoms with Crippen molar-refractivity contribution >= 4 is 34.0 Å². The van der Waals surface area contributed by atoms with Crippen LogP contribution < -0.4 is 0 Å². The molecule has 1 aromatic heterocycles. The number of tetrazole rings is 1. The molecule has 0 aliphatic heterocycles. The van der Waals surface area contributed by atoms with Crippen LogP contribution in [0.4, 0.5) is 0 Å². The van der Waals surface area contributed by atoms with E-state index < -0.39 is 0 Å². The van der Waals surface area contributed by atoms with Gasteiger partial charge in [0.1, 0.15) is 0 Å². The highest BCUT2D eigenvalue weighted by atomic mass is 79.9. The second kappa shape index (κ2) is 4.81. The molecule has 1 saturated carbocycles. The van der Waals surface area contributed by atoms with E-state index in [2.05, 4.69) is 31.5 Å². The number of aldehydes is 1. The summed E-state index contributed by atoms with van der Waals surface area (Å²) < 4.78 is 2.72. The van der Waals surface area contributed by atoms with Gasteiger partial charge in [0.05, 0.1) is 6.04 Å². The number of benzene rings is 1. The Morgan fingerprint density at radius 1 is 1.44 bits per heavy atom. The predicted octanol–water partition coefficient (Wildman–Crippen LogP) is 2.73. The van der Waals surface area contributed by atoms with Gasteiger partial charge in [-0.25, -0.2) is 4.68 Å². The molecular formula is C11H9BrN4OS. The SMILES string of the molecule is O=Cc1cc(Br)ccc1Sc1nnnn1C1CC1. The molecular weight excluding hydrogens is 316 g/mol. The first kappa shape index (κ1) is 11.9. The molecule has 5 nitrogen and oxygen atoms in total. The van der Waals surface area contributed by atoms with Crippen molar-refractivity contribution in [2.24, 2.45) is 0 Å². The van der Waals surface area contributed by atoms with Crippen molar-refractivity contribution in [1.29, 1.82) is 0 Å². The lowest BCUT2D eigenvalue weighted by atomic mass is 10.2. The second-order valence-corrected chi connectivity index (χ2v) is 5.96. The van der Waals surface area contributed by atoms with Crippen molar-refractivity contribution in [2.45, 2.75) is 28.9 Å². The first-order valence-electron chi connectivity index (χ1n) is 5.48. The topological polar surface area (TPSA) is 60.7 Å². The van der Waals surface area contributed by atoms with E-state index in [-0.39, 0.29) is 0 Å². The van der Waals surface area contributed by atoms with Crippen LogP contribution in [0.3, 0.4) is 0 Å². The van der Waals surface area contributed by atoms with Gasteiger partial charge in [0.2, 0.25) is 5.16 Å². The van der Waals surface area contributed by atoms with E-state index in [1.807, 2.05) is 16.8 Å². The van der Waals surface area contributed by atoms with Gasteiger partial charge < -0.3 is 0 Å². The van der Waals surface area contributed by atoms with Crippen molar-refractivity contribution in [1.82, 2.24) is 20.2 Å². The number of nitrogens with zero attached hydrogens (tertiary/aromatic N) is 4. The van der Waals surface area contributed by atoms with E-state index in [0.717, 1.165) is 33.7 Å². The molecule has 1 heterocycles. The lowest BCUT2D eigenvalue weighted by Crippen LogP contribution is -1.99. The quantitative estimate of drug-likeness (QED) is 0.809. The van der Waals surface area contributed by atoms with Crippen LogP contribution in [0.1, 0.15) is 29.2 Å². The lowest BCUT2D eigenvalue weighted by molar-refractivity contribution is 0.112. The largest absolute Gasteiger partial charge is 0.298 e. The molecule has 0 spiro atoms. The number of carbonyl (C=O) groups is 1. The van der Waals surface area contributed by atoms with E-state index in [1.165, 1.54) is 11.8 Å². The molecule has 0 N–H and O–H groups in total. The molecule has 92 valence electrons. The Hall–Kier alpha value is -1.21. The fourth-order valence-electron chi connectivity index (χ4n) is 1.60. The van der Waals surface area contributed by atoms with E-state index in [1.54, 1.807) is 6.07 Å². The number of carbonyl (C=O) groups excluding carboxylic acids is 1. The molecule has 2 aromatic rings. The van der Waals surface area contributed by atoms with Gasteiger partial charge in [-0.3, -0.25) is 4.79 Å². The summed E-state index contributed by atoms with van der Waals surface area (Å²) >= 11 is 4.77. The van der Waals surface area contributed by atoms with Crippen LogP contribution in [0, 0.1) is 0 Å². The third-order valence-electron chi connectivity index (χ3n) is 2.66. The monoisotopic (exact) mass is 324 g/mol. The van der Waals surface area contributed by atoms with Gasteiger partial charge in [-0.2, -0.15) is 0 Å². The molecule has 1 aliphatic rings. The molecule has 0 saturated heterocycles. The molecule has 1 aromatic carbocycles. The first-order chi connectivity index (χ1) is 8.78. The van der Waals surface area contributed by atoms with Crippen LogP contribution in [0.15, 0.2) is 32.7 Å². The molecule has 18 heavy (non-hydrogen) atoms. The number of halogens is 1. The van der Waals surface area contributed by atoms with Crippen molar-refractivity contribution in [3.8, 4) is 0 Å². The minimum Gasteiger partial charge on any atom is -0.298 e. The summed E-state index contributed by atoms with van der Waals surface area (Å²) in [4.78, 5) is 11.9. The summed E-state index contributed by atoms with van der Waals surface area (Å²) in [6.45, 7) is 0. The first-order valence-corrected chi connectivity index (χ1v) is 7.09. The van der Waals surface area contributed by atoms with Crippen LogP contribution >= 0.6 is 27.7 Å². The van der Waals surface area contributed by atoms with E-state index in [0.29, 0.717) is 11.6 Å². The molecule has 0 unspecified atom stereocenters. The standard InChI is InChI=1S/C11H9BrN4OS/c12-8-1-4-10(7(5-8)6-17)18-11-13-14-15-16(11)9-2-3-9/h1,4-6,9H,2-3H2. The summed E-state index contributed by atoms with van der Waals surface area (Å²) in [5, 5.41) is 12.4. The maximum atomic E-state index is 11.0. The fourth-order valence-corrected chi connectivity index (χ4v) is 2.90. The minimum atomic E-state index is 0.428. The zero-order chi connectivity index (χ0) is 12.5. The number of aromatic nitrogens is 4. The highest BCUT2D eigenvalue weighted by molar-refractivity contribution is 9.10. The molecule has 7 heteroatoms. The highest BCUT2D eigenvalue weighted by Gasteiger charge is 2.28. The van der Waals surface area contributed by atoms with Crippen molar-refractivity contribution in [3.63, 3.8) is 0 Å². The Morgan fingerprint density at radius 3 is 3.00 bits per heavy atom. The summed E-state index contributed by atoms with van der Waals surface area (Å²) in [6.07, 6.45) is 3.09. The molecule has 0 amide bonds. The van der Waals surface area contributed by atoms with Gasteiger partial charge in [0.15, 0.2) is 6.29 Å². The van der Waals surface area contributed by atoms with Crippen LogP contribution in [-0.2, 0) is 0 Å². The lowest BCUT2D eigenvalue weighted by Gasteiger charge is -2.05. The van der Waals surface area contributed by atoms with Gasteiger partial charge in [-0.05, 0) is 53.2 Å². The second-order valence-electron chi connectivity index (χ2n) is 4.04. The van der Waals surface area contributed by atoms with Gasteiger partial charge in [-0.1, -0.05) is 15.9 Å². The average Bonchev–Trinajstić information content (AvgIpc) is 3.12. The van der Waals surface area contributed by atoms with Crippen molar-refractivity contribution in [2.75, 3.05) is 0 Å². The Balaban J connectivity index is 1.91. The molecule has 0 bridgehead atoms. The third-order valence-corrected chi connectivity index (χ3v) is 4.19. The van der Waals surface area contributed by atoms with E-state index >= 15 is 0 Å². The maximum Gasteiger partial charge on any atom is 0.214 e. The Labute approximate surface area is 116 Å². The predicted molar refractivity (Wildman–Crippen MR) is 69.7 cm³/mol. The Kier molecular flexibility index (Phi) is 3.17. The Bertz CT molecular complexity index is 596. The molecule has 0 radical (unpaired) electrons. The zero-order valence-electron chi connectivity index (χ0n) is 9.28. The fraction of sp³-hybridized carbons (Fsp3) is 0.273. The van der Waals surface area contributed by atoms with Crippen LogP contribution in [0.25, 0.3) is 0 Å². The third kappa shape index (κ3) is 2.32. The van der Waals surface area contributed by atoms with Crippen molar-refractivity contribution < 1.29 is 4.79 Å².